The summed E-state index contributed by atoms with van der Waals surface area (Å²) < 4.78 is 14.1. The molecule has 4 heteroatoms. The van der Waals surface area contributed by atoms with E-state index in [0.717, 1.165) is 0 Å². The Hall–Kier alpha value is -1.81. The molecule has 2 aromatic rings. The van der Waals surface area contributed by atoms with Crippen LogP contribution in [0.4, 0.5) is 0 Å². The van der Waals surface area contributed by atoms with Crippen molar-refractivity contribution in [3.63, 3.8) is 0 Å². The molecule has 23 heavy (non-hydrogen) atoms. The normalized spacial score (nSPS) is 8.43. The maximum Gasteiger partial charge on any atom is 0.252 e. The van der Waals surface area contributed by atoms with Gasteiger partial charge in [-0.25, -0.2) is 0 Å². The molecule has 0 aliphatic heterocycles. The van der Waals surface area contributed by atoms with Crippen LogP contribution in [0.5, 0.6) is 5.88 Å². The smallest absolute Gasteiger partial charge is 0.252 e. The number of hydrogen-bond acceptors (Lipinski definition) is 4. The minimum absolute atomic E-state index is 0.514. The van der Waals surface area contributed by atoms with Crippen LogP contribution in [0.1, 0.15) is 52.5 Å². The van der Waals surface area contributed by atoms with Crippen LogP contribution in [0.2, 0.25) is 0 Å². The highest BCUT2D eigenvalue weighted by Gasteiger charge is 1.86. The van der Waals surface area contributed by atoms with Crippen molar-refractivity contribution in [2.45, 2.75) is 53.6 Å². The Labute approximate surface area is 141 Å². The van der Waals surface area contributed by atoms with Crippen LogP contribution in [-0.2, 0) is 11.3 Å². The quantitative estimate of drug-likeness (QED) is 0.719. The van der Waals surface area contributed by atoms with Gasteiger partial charge in [-0.05, 0) is 5.56 Å². The van der Waals surface area contributed by atoms with E-state index in [-0.39, 0.29) is 0 Å². The van der Waals surface area contributed by atoms with Gasteiger partial charge in [0.05, 0.1) is 13.7 Å². The highest BCUT2D eigenvalue weighted by atomic mass is 16.5. The minimum atomic E-state index is 0.514. The van der Waals surface area contributed by atoms with Gasteiger partial charge in [-0.3, -0.25) is 0 Å². The Morgan fingerprint density at radius 1 is 0.957 bits per heavy atom. The first-order chi connectivity index (χ1) is 11.2. The van der Waals surface area contributed by atoms with Crippen molar-refractivity contribution in [3.8, 4) is 5.88 Å². The maximum absolute atomic E-state index is 4.93. The summed E-state index contributed by atoms with van der Waals surface area (Å²) in [5, 5.41) is 0. The van der Waals surface area contributed by atoms with E-state index in [1.54, 1.807) is 7.11 Å². The van der Waals surface area contributed by atoms with Crippen LogP contribution >= 0.6 is 0 Å². The first-order valence-corrected chi connectivity index (χ1v) is 8.14. The Balaban J connectivity index is 0. The lowest BCUT2D eigenvalue weighted by atomic mass is 10.2. The van der Waals surface area contributed by atoms with E-state index >= 15 is 0 Å². The third-order valence-corrected chi connectivity index (χ3v) is 2.27. The molecule has 4 nitrogen and oxygen atoms in total. The third kappa shape index (κ3) is 18.1. The summed E-state index contributed by atoms with van der Waals surface area (Å²) in [6, 6.07) is 10.1. The second-order valence-electron chi connectivity index (χ2n) is 4.66. The highest BCUT2D eigenvalue weighted by Crippen LogP contribution is 2.01. The van der Waals surface area contributed by atoms with E-state index in [9.17, 15) is 0 Å². The SMILES string of the molecule is CCC.CCCC.COCc1ccccc1.COc1cocn1. The zero-order valence-corrected chi connectivity index (χ0v) is 15.5. The molecule has 0 aliphatic carbocycles. The number of nitrogens with zero attached hydrogens (tertiary/aromatic N) is 1. The number of hydrogen-bond donors (Lipinski definition) is 0. The largest absolute Gasteiger partial charge is 0.479 e. The number of oxazole rings is 1. The third-order valence-electron chi connectivity index (χ3n) is 2.27. The average molecular weight is 323 g/mol. The monoisotopic (exact) mass is 323 g/mol. The van der Waals surface area contributed by atoms with Gasteiger partial charge in [0.25, 0.3) is 5.88 Å². The molecule has 0 saturated carbocycles. The zero-order valence-electron chi connectivity index (χ0n) is 15.5. The lowest BCUT2D eigenvalue weighted by Crippen LogP contribution is -1.84. The minimum Gasteiger partial charge on any atom is -0.479 e. The van der Waals surface area contributed by atoms with Crippen molar-refractivity contribution in [1.82, 2.24) is 4.98 Å². The van der Waals surface area contributed by atoms with Gasteiger partial charge in [-0.1, -0.05) is 77.3 Å². The standard InChI is InChI=1S/C8H10O.C4H5NO2.C4H10.C3H8/c1-9-7-8-5-3-2-4-6-8;1-6-4-2-7-3-5-4;1-3-4-2;1-3-2/h2-6H,7H2,1H3;2-3H,1H3;3-4H2,1-2H3;3H2,1-2H3. The molecule has 0 amide bonds. The van der Waals surface area contributed by atoms with Crippen molar-refractivity contribution in [3.05, 3.63) is 48.6 Å². The Morgan fingerprint density at radius 2 is 1.52 bits per heavy atom. The Morgan fingerprint density at radius 3 is 1.83 bits per heavy atom. The average Bonchev–Trinajstić information content (AvgIpc) is 3.11. The lowest BCUT2D eigenvalue weighted by molar-refractivity contribution is 0.185. The summed E-state index contributed by atoms with van der Waals surface area (Å²) in [4.78, 5) is 3.65. The maximum atomic E-state index is 4.93. The molecule has 1 aromatic heterocycles. The van der Waals surface area contributed by atoms with Crippen molar-refractivity contribution in [2.75, 3.05) is 14.2 Å². The van der Waals surface area contributed by atoms with E-state index in [2.05, 4.69) is 41.8 Å². The first kappa shape index (κ1) is 23.5. The number of benzene rings is 1. The Bertz CT molecular complexity index is 400. The van der Waals surface area contributed by atoms with Gasteiger partial charge in [-0.2, -0.15) is 4.98 Å². The molecule has 0 unspecified atom stereocenters. The topological polar surface area (TPSA) is 44.5 Å². The number of ether oxygens (including phenoxy) is 2. The number of rotatable bonds is 4. The molecule has 1 heterocycles. The fourth-order valence-electron chi connectivity index (χ4n) is 1.04. The second-order valence-corrected chi connectivity index (χ2v) is 4.66. The van der Waals surface area contributed by atoms with Gasteiger partial charge < -0.3 is 13.9 Å². The second kappa shape index (κ2) is 20.2. The van der Waals surface area contributed by atoms with E-state index < -0.39 is 0 Å². The van der Waals surface area contributed by atoms with E-state index in [4.69, 9.17) is 4.74 Å². The van der Waals surface area contributed by atoms with Crippen LogP contribution in [-0.4, -0.2) is 19.2 Å². The number of unbranched alkanes of at least 4 members (excludes halogenated alkanes) is 1. The van der Waals surface area contributed by atoms with Crippen molar-refractivity contribution in [2.24, 2.45) is 0 Å². The molecule has 0 radical (unpaired) electrons. The summed E-state index contributed by atoms with van der Waals surface area (Å²) in [5.74, 6) is 0.514. The summed E-state index contributed by atoms with van der Waals surface area (Å²) in [5.41, 5.74) is 1.22. The van der Waals surface area contributed by atoms with Gasteiger partial charge in [0.15, 0.2) is 12.7 Å². The first-order valence-electron chi connectivity index (χ1n) is 8.14. The van der Waals surface area contributed by atoms with Gasteiger partial charge in [0.1, 0.15) is 0 Å². The molecule has 132 valence electrons. The molecule has 0 atom stereocenters. The lowest BCUT2D eigenvalue weighted by Gasteiger charge is -1.95. The molecule has 0 N–H and O–H groups in total. The summed E-state index contributed by atoms with van der Waals surface area (Å²) in [6.45, 7) is 9.32. The molecular weight excluding hydrogens is 290 g/mol. The number of aromatic nitrogens is 1. The van der Waals surface area contributed by atoms with Crippen LogP contribution in [0.3, 0.4) is 0 Å². The van der Waals surface area contributed by atoms with E-state index in [1.165, 1.54) is 44.6 Å². The van der Waals surface area contributed by atoms with E-state index in [1.807, 2.05) is 30.3 Å². The van der Waals surface area contributed by atoms with Gasteiger partial charge in [0.2, 0.25) is 0 Å². The molecule has 1 aromatic carbocycles. The van der Waals surface area contributed by atoms with Gasteiger partial charge >= 0.3 is 0 Å². The van der Waals surface area contributed by atoms with Crippen LogP contribution in [0.25, 0.3) is 0 Å². The molecule has 0 bridgehead atoms. The summed E-state index contributed by atoms with van der Waals surface area (Å²) in [6.07, 6.45) is 6.64. The summed E-state index contributed by atoms with van der Waals surface area (Å²) in [7, 11) is 3.24. The van der Waals surface area contributed by atoms with Gasteiger partial charge in [0, 0.05) is 7.11 Å². The molecule has 0 aliphatic rings. The zero-order chi connectivity index (χ0) is 17.8. The van der Waals surface area contributed by atoms with Crippen molar-refractivity contribution in [1.29, 1.82) is 0 Å². The molecule has 0 spiro atoms. The van der Waals surface area contributed by atoms with E-state index in [0.29, 0.717) is 12.5 Å². The van der Waals surface area contributed by atoms with Crippen LogP contribution < -0.4 is 4.74 Å². The van der Waals surface area contributed by atoms with Crippen LogP contribution in [0, 0.1) is 0 Å². The predicted molar refractivity (Wildman–Crippen MR) is 96.8 cm³/mol. The fourth-order valence-corrected chi connectivity index (χ4v) is 1.04. The van der Waals surface area contributed by atoms with Crippen molar-refractivity contribution < 1.29 is 13.9 Å². The molecule has 0 fully saturated rings. The summed E-state index contributed by atoms with van der Waals surface area (Å²) >= 11 is 0. The molecule has 0 saturated heterocycles. The number of methoxy groups -OCH3 is 2. The molecule has 2 rings (SSSR count). The predicted octanol–water partition coefficient (Wildman–Crippen LogP) is 5.74. The Kier molecular flexibility index (Phi) is 20.6. The highest BCUT2D eigenvalue weighted by molar-refractivity contribution is 5.13. The molecular formula is C19H33NO3. The van der Waals surface area contributed by atoms with Gasteiger partial charge in [-0.15, -0.1) is 0 Å². The van der Waals surface area contributed by atoms with Crippen LogP contribution in [0.15, 0.2) is 47.4 Å². The fraction of sp³-hybridized carbons (Fsp3) is 0.526. The van der Waals surface area contributed by atoms with Crippen molar-refractivity contribution >= 4 is 0 Å².